The van der Waals surface area contributed by atoms with Crippen molar-refractivity contribution in [1.82, 2.24) is 10.2 Å². The van der Waals surface area contributed by atoms with Crippen molar-refractivity contribution in [3.63, 3.8) is 0 Å². The quantitative estimate of drug-likeness (QED) is 0.626. The Balaban J connectivity index is 1.76. The molecule has 4 nitrogen and oxygen atoms in total. The summed E-state index contributed by atoms with van der Waals surface area (Å²) in [6.45, 7) is 3.68. The molecular weight excluding hydrogens is 180 g/mol. The van der Waals surface area contributed by atoms with E-state index in [0.717, 1.165) is 39.0 Å². The summed E-state index contributed by atoms with van der Waals surface area (Å²) in [4.78, 5) is 13.8. The van der Waals surface area contributed by atoms with Gasteiger partial charge in [-0.2, -0.15) is 0 Å². The Labute approximate surface area is 84.6 Å². The van der Waals surface area contributed by atoms with Gasteiger partial charge in [-0.3, -0.25) is 4.79 Å². The second kappa shape index (κ2) is 4.28. The zero-order valence-corrected chi connectivity index (χ0v) is 8.66. The zero-order valence-electron chi connectivity index (χ0n) is 8.66. The fourth-order valence-corrected chi connectivity index (χ4v) is 2.11. The van der Waals surface area contributed by atoms with Gasteiger partial charge in [-0.25, -0.2) is 0 Å². The first-order chi connectivity index (χ1) is 6.75. The summed E-state index contributed by atoms with van der Waals surface area (Å²) in [5.74, 6) is 0.0937. The minimum Gasteiger partial charge on any atom is -0.461 e. The Morgan fingerprint density at radius 2 is 2.36 bits per heavy atom. The van der Waals surface area contributed by atoms with Gasteiger partial charge in [0.25, 0.3) is 0 Å². The minimum absolute atomic E-state index is 0.00435. The molecule has 2 aliphatic heterocycles. The van der Waals surface area contributed by atoms with Crippen LogP contribution < -0.4 is 5.32 Å². The van der Waals surface area contributed by atoms with E-state index in [0.29, 0.717) is 0 Å². The van der Waals surface area contributed by atoms with Crippen LogP contribution in [-0.4, -0.2) is 50.2 Å². The van der Waals surface area contributed by atoms with Gasteiger partial charge in [0.1, 0.15) is 6.10 Å². The average Bonchev–Trinajstić information content (AvgIpc) is 2.75. The summed E-state index contributed by atoms with van der Waals surface area (Å²) >= 11 is 0. The summed E-state index contributed by atoms with van der Waals surface area (Å²) in [5.41, 5.74) is 0. The Bertz CT molecular complexity index is 214. The fraction of sp³-hybridized carbons (Fsp3) is 0.900. The molecule has 0 radical (unpaired) electrons. The molecule has 0 spiro atoms. The molecule has 0 saturated carbocycles. The summed E-state index contributed by atoms with van der Waals surface area (Å²) < 4.78 is 5.45. The van der Waals surface area contributed by atoms with Gasteiger partial charge in [-0.05, 0) is 26.4 Å². The lowest BCUT2D eigenvalue weighted by atomic mass is 10.1. The van der Waals surface area contributed by atoms with Crippen molar-refractivity contribution < 1.29 is 9.53 Å². The molecule has 2 atom stereocenters. The summed E-state index contributed by atoms with van der Waals surface area (Å²) in [7, 11) is 2.06. The van der Waals surface area contributed by atoms with Gasteiger partial charge in [-0.1, -0.05) is 0 Å². The predicted molar refractivity (Wildman–Crippen MR) is 53.0 cm³/mol. The van der Waals surface area contributed by atoms with Crippen molar-refractivity contribution in [2.75, 3.05) is 33.2 Å². The van der Waals surface area contributed by atoms with E-state index in [4.69, 9.17) is 4.74 Å². The molecule has 2 aliphatic rings. The number of likely N-dealkylation sites (N-methyl/N-ethyl adjacent to an activating group) is 1. The van der Waals surface area contributed by atoms with E-state index < -0.39 is 0 Å². The first-order valence-corrected chi connectivity index (χ1v) is 5.35. The third-order valence-corrected chi connectivity index (χ3v) is 3.02. The zero-order chi connectivity index (χ0) is 9.97. The molecule has 2 saturated heterocycles. The van der Waals surface area contributed by atoms with Gasteiger partial charge in [0, 0.05) is 19.6 Å². The first kappa shape index (κ1) is 9.93. The highest BCUT2D eigenvalue weighted by Crippen LogP contribution is 2.15. The number of esters is 1. The van der Waals surface area contributed by atoms with Crippen LogP contribution in [0.1, 0.15) is 12.8 Å². The van der Waals surface area contributed by atoms with E-state index in [-0.39, 0.29) is 18.0 Å². The lowest BCUT2D eigenvalue weighted by molar-refractivity contribution is -0.152. The largest absolute Gasteiger partial charge is 0.461 e. The van der Waals surface area contributed by atoms with E-state index in [9.17, 15) is 4.79 Å². The number of likely N-dealkylation sites (tertiary alicyclic amines) is 1. The Morgan fingerprint density at radius 1 is 1.50 bits per heavy atom. The summed E-state index contributed by atoms with van der Waals surface area (Å²) in [5, 5.41) is 3.18. The molecule has 0 aliphatic carbocycles. The number of carbonyl (C=O) groups is 1. The standard InChI is InChI=1S/C10H18N2O2/c1-12-5-3-9(7-12)14-10(13)8-2-4-11-6-8/h8-9,11H,2-7H2,1H3. The van der Waals surface area contributed by atoms with Crippen LogP contribution in [0, 0.1) is 5.92 Å². The Morgan fingerprint density at radius 3 is 2.93 bits per heavy atom. The molecule has 0 amide bonds. The molecule has 2 heterocycles. The number of nitrogens with one attached hydrogen (secondary N) is 1. The number of nitrogens with zero attached hydrogens (tertiary/aromatic N) is 1. The molecule has 80 valence electrons. The topological polar surface area (TPSA) is 41.6 Å². The van der Waals surface area contributed by atoms with Crippen LogP contribution >= 0.6 is 0 Å². The number of hydrogen-bond donors (Lipinski definition) is 1. The molecule has 1 N–H and O–H groups in total. The normalized spacial score (nSPS) is 33.5. The van der Waals surface area contributed by atoms with Crippen LogP contribution in [0.4, 0.5) is 0 Å². The molecule has 0 aromatic carbocycles. The van der Waals surface area contributed by atoms with Gasteiger partial charge in [0.05, 0.1) is 5.92 Å². The van der Waals surface area contributed by atoms with Crippen molar-refractivity contribution in [1.29, 1.82) is 0 Å². The second-order valence-electron chi connectivity index (χ2n) is 4.30. The highest BCUT2D eigenvalue weighted by atomic mass is 16.5. The van der Waals surface area contributed by atoms with E-state index >= 15 is 0 Å². The predicted octanol–water partition coefficient (Wildman–Crippen LogP) is -0.157. The van der Waals surface area contributed by atoms with Gasteiger partial charge in [-0.15, -0.1) is 0 Å². The Hall–Kier alpha value is -0.610. The van der Waals surface area contributed by atoms with Crippen molar-refractivity contribution >= 4 is 5.97 Å². The maximum absolute atomic E-state index is 11.6. The van der Waals surface area contributed by atoms with Crippen LogP contribution in [-0.2, 0) is 9.53 Å². The summed E-state index contributed by atoms with van der Waals surface area (Å²) in [6.07, 6.45) is 2.05. The SMILES string of the molecule is CN1CCC(OC(=O)C2CCNC2)C1. The lowest BCUT2D eigenvalue weighted by Crippen LogP contribution is -2.27. The van der Waals surface area contributed by atoms with Crippen LogP contribution in [0.2, 0.25) is 0 Å². The third-order valence-electron chi connectivity index (χ3n) is 3.02. The van der Waals surface area contributed by atoms with Crippen molar-refractivity contribution in [2.45, 2.75) is 18.9 Å². The van der Waals surface area contributed by atoms with E-state index in [1.165, 1.54) is 0 Å². The number of rotatable bonds is 2. The average molecular weight is 198 g/mol. The number of carbonyl (C=O) groups excluding carboxylic acids is 1. The van der Waals surface area contributed by atoms with E-state index in [1.807, 2.05) is 0 Å². The molecule has 14 heavy (non-hydrogen) atoms. The monoisotopic (exact) mass is 198 g/mol. The molecule has 2 rings (SSSR count). The molecule has 0 bridgehead atoms. The van der Waals surface area contributed by atoms with E-state index in [1.54, 1.807) is 0 Å². The summed E-state index contributed by atoms with van der Waals surface area (Å²) in [6, 6.07) is 0. The number of hydrogen-bond acceptors (Lipinski definition) is 4. The highest BCUT2D eigenvalue weighted by Gasteiger charge is 2.28. The van der Waals surface area contributed by atoms with Gasteiger partial charge in [0.15, 0.2) is 0 Å². The third kappa shape index (κ3) is 2.25. The smallest absolute Gasteiger partial charge is 0.310 e. The van der Waals surface area contributed by atoms with Crippen molar-refractivity contribution in [3.05, 3.63) is 0 Å². The molecule has 0 aromatic rings. The fourth-order valence-electron chi connectivity index (χ4n) is 2.11. The maximum Gasteiger partial charge on any atom is 0.310 e. The number of ether oxygens (including phenoxy) is 1. The van der Waals surface area contributed by atoms with Crippen molar-refractivity contribution in [2.24, 2.45) is 5.92 Å². The van der Waals surface area contributed by atoms with Gasteiger partial charge >= 0.3 is 5.97 Å². The van der Waals surface area contributed by atoms with Gasteiger partial charge in [0.2, 0.25) is 0 Å². The maximum atomic E-state index is 11.6. The van der Waals surface area contributed by atoms with Gasteiger partial charge < -0.3 is 15.0 Å². The van der Waals surface area contributed by atoms with E-state index in [2.05, 4.69) is 17.3 Å². The molecule has 2 fully saturated rings. The molecule has 0 aromatic heterocycles. The molecular formula is C10H18N2O2. The molecule has 4 heteroatoms. The van der Waals surface area contributed by atoms with Crippen LogP contribution in [0.5, 0.6) is 0 Å². The van der Waals surface area contributed by atoms with Crippen molar-refractivity contribution in [3.8, 4) is 0 Å². The minimum atomic E-state index is -0.00435. The van der Waals surface area contributed by atoms with Crippen LogP contribution in [0.25, 0.3) is 0 Å². The van der Waals surface area contributed by atoms with Crippen LogP contribution in [0.3, 0.4) is 0 Å². The molecule has 2 unspecified atom stereocenters. The first-order valence-electron chi connectivity index (χ1n) is 5.35. The van der Waals surface area contributed by atoms with Crippen LogP contribution in [0.15, 0.2) is 0 Å². The Kier molecular flexibility index (Phi) is 3.03. The lowest BCUT2D eigenvalue weighted by Gasteiger charge is -2.14. The second-order valence-corrected chi connectivity index (χ2v) is 4.30. The highest BCUT2D eigenvalue weighted by molar-refractivity contribution is 5.73.